The molecule has 1 fully saturated rings. The van der Waals surface area contributed by atoms with Crippen molar-refractivity contribution in [3.8, 4) is 5.75 Å². The summed E-state index contributed by atoms with van der Waals surface area (Å²) in [5.74, 6) is 0.969. The smallest absolute Gasteiger partial charge is 0.119 e. The van der Waals surface area contributed by atoms with Crippen LogP contribution < -0.4 is 4.74 Å². The van der Waals surface area contributed by atoms with Gasteiger partial charge in [-0.1, -0.05) is 0 Å². The van der Waals surface area contributed by atoms with Gasteiger partial charge in [-0.25, -0.2) is 0 Å². The van der Waals surface area contributed by atoms with E-state index in [2.05, 4.69) is 27.7 Å². The number of methoxy groups -OCH3 is 1. The van der Waals surface area contributed by atoms with Crippen LogP contribution in [0.3, 0.4) is 0 Å². The van der Waals surface area contributed by atoms with Gasteiger partial charge in [-0.2, -0.15) is 0 Å². The molecule has 124 valence electrons. The third-order valence-corrected chi connectivity index (χ3v) is 5.33. The Morgan fingerprint density at radius 2 is 1.91 bits per heavy atom. The van der Waals surface area contributed by atoms with Gasteiger partial charge >= 0.3 is 0 Å². The molecule has 23 heavy (non-hydrogen) atoms. The molecule has 0 radical (unpaired) electrons. The Balaban J connectivity index is 1.67. The second-order valence-corrected chi connectivity index (χ2v) is 6.62. The van der Waals surface area contributed by atoms with Gasteiger partial charge in [-0.05, 0) is 49.4 Å². The molecule has 2 heterocycles. The molecule has 4 heteroatoms. The third kappa shape index (κ3) is 2.86. The molecule has 0 saturated carbocycles. The molecule has 4 nitrogen and oxygen atoms in total. The summed E-state index contributed by atoms with van der Waals surface area (Å²) < 4.78 is 13.5. The lowest BCUT2D eigenvalue weighted by molar-refractivity contribution is 0.0364. The first-order valence-electron chi connectivity index (χ1n) is 8.85. The van der Waals surface area contributed by atoms with Crippen molar-refractivity contribution in [2.24, 2.45) is 0 Å². The fraction of sp³-hybridized carbons (Fsp3) is 0.579. The van der Waals surface area contributed by atoms with Gasteiger partial charge < -0.3 is 14.0 Å². The number of morpholine rings is 1. The van der Waals surface area contributed by atoms with Gasteiger partial charge in [0.2, 0.25) is 0 Å². The predicted octanol–water partition coefficient (Wildman–Crippen LogP) is 2.86. The first kappa shape index (κ1) is 15.0. The standard InChI is InChI=1S/C19H26N2O2/c1-22-15-6-7-19-17(14-15)16-4-2-3-5-18(16)21(19)9-8-20-10-12-23-13-11-20/h6-7,14H,2-5,8-13H2,1H3. The quantitative estimate of drug-likeness (QED) is 0.868. The van der Waals surface area contributed by atoms with Crippen molar-refractivity contribution in [3.05, 3.63) is 29.5 Å². The third-order valence-electron chi connectivity index (χ3n) is 5.33. The Bertz CT molecular complexity index is 686. The lowest BCUT2D eigenvalue weighted by atomic mass is 9.95. The SMILES string of the molecule is COc1ccc2c(c1)c1c(n2CCN2CCOCC2)CCCC1. The van der Waals surface area contributed by atoms with Crippen LogP contribution in [0.1, 0.15) is 24.1 Å². The van der Waals surface area contributed by atoms with Gasteiger partial charge in [0, 0.05) is 42.8 Å². The largest absolute Gasteiger partial charge is 0.497 e. The predicted molar refractivity (Wildman–Crippen MR) is 92.4 cm³/mol. The molecule has 0 bridgehead atoms. The molecule has 0 atom stereocenters. The molecule has 1 aliphatic carbocycles. The minimum absolute atomic E-state index is 0.877. The first-order chi connectivity index (χ1) is 11.4. The Kier molecular flexibility index (Phi) is 4.27. The number of hydrogen-bond donors (Lipinski definition) is 0. The maximum atomic E-state index is 5.46. The van der Waals surface area contributed by atoms with Gasteiger partial charge in [-0.3, -0.25) is 4.90 Å². The van der Waals surface area contributed by atoms with Crippen LogP contribution >= 0.6 is 0 Å². The number of hydrogen-bond acceptors (Lipinski definition) is 3. The zero-order valence-corrected chi connectivity index (χ0v) is 14.0. The topological polar surface area (TPSA) is 26.6 Å². The highest BCUT2D eigenvalue weighted by atomic mass is 16.5. The van der Waals surface area contributed by atoms with Gasteiger partial charge in [0.05, 0.1) is 20.3 Å². The van der Waals surface area contributed by atoms with Gasteiger partial charge in [0.15, 0.2) is 0 Å². The second kappa shape index (κ2) is 6.54. The minimum atomic E-state index is 0.877. The van der Waals surface area contributed by atoms with Gasteiger partial charge in [0.25, 0.3) is 0 Å². The second-order valence-electron chi connectivity index (χ2n) is 6.62. The summed E-state index contributed by atoms with van der Waals surface area (Å²) >= 11 is 0. The van der Waals surface area contributed by atoms with E-state index in [-0.39, 0.29) is 0 Å². The molecule has 1 aromatic heterocycles. The summed E-state index contributed by atoms with van der Waals surface area (Å²) in [5, 5.41) is 1.40. The average molecular weight is 314 g/mol. The Morgan fingerprint density at radius 1 is 1.09 bits per heavy atom. The first-order valence-corrected chi connectivity index (χ1v) is 8.85. The van der Waals surface area contributed by atoms with E-state index in [9.17, 15) is 0 Å². The molecule has 0 unspecified atom stereocenters. The van der Waals surface area contributed by atoms with Crippen LogP contribution in [0, 0.1) is 0 Å². The number of nitrogens with zero attached hydrogens (tertiary/aromatic N) is 2. The van der Waals surface area contributed by atoms with Crippen molar-refractivity contribution in [1.82, 2.24) is 9.47 Å². The van der Waals surface area contributed by atoms with E-state index in [4.69, 9.17) is 9.47 Å². The molecule has 0 N–H and O–H groups in total. The maximum Gasteiger partial charge on any atom is 0.119 e. The van der Waals surface area contributed by atoms with Crippen molar-refractivity contribution >= 4 is 10.9 Å². The molecular weight excluding hydrogens is 288 g/mol. The van der Waals surface area contributed by atoms with Crippen LogP contribution in [0.15, 0.2) is 18.2 Å². The molecule has 1 saturated heterocycles. The van der Waals surface area contributed by atoms with E-state index in [0.717, 1.165) is 45.1 Å². The summed E-state index contributed by atoms with van der Waals surface area (Å²) in [6, 6.07) is 6.57. The fourth-order valence-electron chi connectivity index (χ4n) is 4.06. The highest BCUT2D eigenvalue weighted by molar-refractivity contribution is 5.87. The van der Waals surface area contributed by atoms with Gasteiger partial charge in [-0.15, -0.1) is 0 Å². The van der Waals surface area contributed by atoms with Crippen molar-refractivity contribution in [1.29, 1.82) is 0 Å². The van der Waals surface area contributed by atoms with Crippen molar-refractivity contribution in [3.63, 3.8) is 0 Å². The Labute approximate surface area is 138 Å². The van der Waals surface area contributed by atoms with Crippen LogP contribution in [0.5, 0.6) is 5.75 Å². The van der Waals surface area contributed by atoms with E-state index >= 15 is 0 Å². The number of rotatable bonds is 4. The monoisotopic (exact) mass is 314 g/mol. The summed E-state index contributed by atoms with van der Waals surface area (Å²) in [7, 11) is 1.75. The Morgan fingerprint density at radius 3 is 2.74 bits per heavy atom. The summed E-state index contributed by atoms with van der Waals surface area (Å²) in [5.41, 5.74) is 4.51. The summed E-state index contributed by atoms with van der Waals surface area (Å²) in [4.78, 5) is 2.52. The van der Waals surface area contributed by atoms with Crippen LogP contribution in [-0.2, 0) is 24.1 Å². The van der Waals surface area contributed by atoms with Crippen LogP contribution in [-0.4, -0.2) is 49.4 Å². The van der Waals surface area contributed by atoms with Gasteiger partial charge in [0.1, 0.15) is 5.75 Å². The maximum absolute atomic E-state index is 5.46. The number of benzene rings is 1. The molecule has 0 amide bonds. The lowest BCUT2D eigenvalue weighted by Gasteiger charge is -2.27. The van der Waals surface area contributed by atoms with E-state index in [1.54, 1.807) is 18.4 Å². The molecule has 1 aliphatic heterocycles. The van der Waals surface area contributed by atoms with E-state index in [0.29, 0.717) is 0 Å². The fourth-order valence-corrected chi connectivity index (χ4v) is 4.06. The van der Waals surface area contributed by atoms with E-state index < -0.39 is 0 Å². The number of aromatic nitrogens is 1. The average Bonchev–Trinajstić information content (AvgIpc) is 2.94. The van der Waals surface area contributed by atoms with E-state index in [1.165, 1.54) is 36.6 Å². The van der Waals surface area contributed by atoms with Crippen LogP contribution in [0.2, 0.25) is 0 Å². The highest BCUT2D eigenvalue weighted by Crippen LogP contribution is 2.34. The molecule has 4 rings (SSSR count). The highest BCUT2D eigenvalue weighted by Gasteiger charge is 2.21. The number of ether oxygens (including phenoxy) is 2. The lowest BCUT2D eigenvalue weighted by Crippen LogP contribution is -2.38. The Hall–Kier alpha value is -1.52. The van der Waals surface area contributed by atoms with E-state index in [1.807, 2.05) is 0 Å². The number of aryl methyl sites for hydroxylation is 1. The summed E-state index contributed by atoms with van der Waals surface area (Å²) in [6.07, 6.45) is 5.06. The van der Waals surface area contributed by atoms with Crippen LogP contribution in [0.4, 0.5) is 0 Å². The number of fused-ring (bicyclic) bond motifs is 3. The molecule has 0 spiro atoms. The normalized spacial score (nSPS) is 19.0. The zero-order valence-electron chi connectivity index (χ0n) is 14.0. The van der Waals surface area contributed by atoms with Crippen LogP contribution in [0.25, 0.3) is 10.9 Å². The minimum Gasteiger partial charge on any atom is -0.497 e. The summed E-state index contributed by atoms with van der Waals surface area (Å²) in [6.45, 7) is 6.08. The van der Waals surface area contributed by atoms with Crippen molar-refractivity contribution in [2.45, 2.75) is 32.2 Å². The van der Waals surface area contributed by atoms with Crippen molar-refractivity contribution < 1.29 is 9.47 Å². The molecule has 1 aromatic carbocycles. The molecule has 2 aromatic rings. The van der Waals surface area contributed by atoms with Crippen molar-refractivity contribution in [2.75, 3.05) is 40.0 Å². The molecular formula is C19H26N2O2. The molecule has 2 aliphatic rings. The zero-order chi connectivity index (χ0) is 15.6.